The Kier molecular flexibility index (Phi) is 6.08. The number of aliphatic hydroxyl groups is 1. The lowest BCUT2D eigenvalue weighted by molar-refractivity contribution is -0.116. The van der Waals surface area contributed by atoms with Crippen molar-refractivity contribution in [2.24, 2.45) is 0 Å². The summed E-state index contributed by atoms with van der Waals surface area (Å²) in [5.41, 5.74) is 0.575. The third-order valence-electron chi connectivity index (χ3n) is 3.44. The molecule has 2 N–H and O–H groups in total. The molecule has 6 nitrogen and oxygen atoms in total. The number of nitrogens with zero attached hydrogens (tertiary/aromatic N) is 1. The van der Waals surface area contributed by atoms with E-state index < -0.39 is 11.9 Å². The Morgan fingerprint density at radius 3 is 2.71 bits per heavy atom. The zero-order valence-corrected chi connectivity index (χ0v) is 13.5. The number of aliphatic hydroxyl groups excluding tert-OH is 1. The van der Waals surface area contributed by atoms with Gasteiger partial charge in [0, 0.05) is 18.1 Å². The van der Waals surface area contributed by atoms with Crippen LogP contribution in [0.4, 0.5) is 10.2 Å². The highest BCUT2D eigenvalue weighted by molar-refractivity contribution is 5.89. The highest BCUT2D eigenvalue weighted by Crippen LogP contribution is 2.31. The molecule has 0 spiro atoms. The third kappa shape index (κ3) is 4.66. The van der Waals surface area contributed by atoms with E-state index in [4.69, 9.17) is 9.47 Å². The lowest BCUT2D eigenvalue weighted by Gasteiger charge is -2.15. The zero-order valence-electron chi connectivity index (χ0n) is 13.5. The van der Waals surface area contributed by atoms with Gasteiger partial charge in [-0.25, -0.2) is 9.37 Å². The van der Waals surface area contributed by atoms with Gasteiger partial charge in [-0.2, -0.15) is 0 Å². The van der Waals surface area contributed by atoms with Crippen LogP contribution >= 0.6 is 0 Å². The second kappa shape index (κ2) is 8.26. The first-order valence-electron chi connectivity index (χ1n) is 7.35. The van der Waals surface area contributed by atoms with Crippen molar-refractivity contribution in [3.8, 4) is 11.5 Å². The number of aromatic nitrogens is 1. The van der Waals surface area contributed by atoms with E-state index in [0.29, 0.717) is 17.1 Å². The Morgan fingerprint density at radius 2 is 2.08 bits per heavy atom. The maximum absolute atomic E-state index is 12.8. The fourth-order valence-corrected chi connectivity index (χ4v) is 2.17. The van der Waals surface area contributed by atoms with Crippen molar-refractivity contribution in [1.29, 1.82) is 0 Å². The van der Waals surface area contributed by atoms with E-state index in [0.717, 1.165) is 6.20 Å². The first-order valence-corrected chi connectivity index (χ1v) is 7.35. The summed E-state index contributed by atoms with van der Waals surface area (Å²) in [5.74, 6) is 0.568. The third-order valence-corrected chi connectivity index (χ3v) is 3.44. The van der Waals surface area contributed by atoms with Crippen molar-refractivity contribution >= 4 is 11.7 Å². The van der Waals surface area contributed by atoms with E-state index in [-0.39, 0.29) is 24.6 Å². The number of pyridine rings is 1. The minimum Gasteiger partial charge on any atom is -0.497 e. The molecule has 0 radical (unpaired) electrons. The van der Waals surface area contributed by atoms with Crippen LogP contribution in [0.15, 0.2) is 36.5 Å². The van der Waals surface area contributed by atoms with Crippen LogP contribution in [0, 0.1) is 5.82 Å². The van der Waals surface area contributed by atoms with E-state index in [1.165, 1.54) is 19.2 Å². The number of rotatable bonds is 7. The van der Waals surface area contributed by atoms with Gasteiger partial charge < -0.3 is 19.9 Å². The van der Waals surface area contributed by atoms with Gasteiger partial charge in [0.25, 0.3) is 0 Å². The van der Waals surface area contributed by atoms with Gasteiger partial charge in [0.15, 0.2) is 0 Å². The Morgan fingerprint density at radius 1 is 1.29 bits per heavy atom. The van der Waals surface area contributed by atoms with Crippen molar-refractivity contribution < 1.29 is 23.8 Å². The molecule has 2 rings (SSSR count). The fraction of sp³-hybridized carbons (Fsp3) is 0.294. The molecular formula is C17H19FN2O4. The maximum Gasteiger partial charge on any atom is 0.225 e. The number of ether oxygens (including phenoxy) is 2. The molecule has 0 saturated heterocycles. The van der Waals surface area contributed by atoms with Crippen LogP contribution in [0.3, 0.4) is 0 Å². The Balaban J connectivity index is 1.93. The van der Waals surface area contributed by atoms with Gasteiger partial charge in [0.1, 0.15) is 23.1 Å². The second-order valence-corrected chi connectivity index (χ2v) is 5.07. The van der Waals surface area contributed by atoms with E-state index in [2.05, 4.69) is 10.3 Å². The number of halogens is 1. The van der Waals surface area contributed by atoms with Crippen LogP contribution in [-0.4, -0.2) is 30.2 Å². The smallest absolute Gasteiger partial charge is 0.225 e. The monoisotopic (exact) mass is 334 g/mol. The number of carbonyl (C=O) groups excluding carboxylic acids is 1. The molecule has 128 valence electrons. The number of carbonyl (C=O) groups is 1. The minimum absolute atomic E-state index is 0.0788. The normalized spacial score (nSPS) is 11.7. The number of hydrogen-bond donors (Lipinski definition) is 2. The maximum atomic E-state index is 12.8. The molecule has 0 bridgehead atoms. The Labute approximate surface area is 139 Å². The molecule has 1 unspecified atom stereocenters. The van der Waals surface area contributed by atoms with E-state index >= 15 is 0 Å². The Hall–Kier alpha value is -2.67. The van der Waals surface area contributed by atoms with Gasteiger partial charge in [-0.1, -0.05) is 0 Å². The largest absolute Gasteiger partial charge is 0.497 e. The van der Waals surface area contributed by atoms with Crippen LogP contribution in [0.25, 0.3) is 0 Å². The van der Waals surface area contributed by atoms with Gasteiger partial charge in [-0.15, -0.1) is 0 Å². The molecule has 0 aliphatic rings. The molecule has 0 fully saturated rings. The highest BCUT2D eigenvalue weighted by Gasteiger charge is 2.16. The quantitative estimate of drug-likeness (QED) is 0.814. The standard InChI is InChI=1S/C17H19FN2O4/c1-23-12-4-5-13(15(9-12)24-2)14(21)6-8-17(22)20-16-7-3-11(18)10-19-16/h3-5,7,9-10,14,21H,6,8H2,1-2H3,(H,19,20,22). The van der Waals surface area contributed by atoms with Crippen molar-refractivity contribution in [3.05, 3.63) is 47.9 Å². The molecule has 2 aromatic rings. The predicted molar refractivity (Wildman–Crippen MR) is 86.6 cm³/mol. The predicted octanol–water partition coefficient (Wildman–Crippen LogP) is 2.69. The summed E-state index contributed by atoms with van der Waals surface area (Å²) in [5, 5.41) is 12.8. The molecule has 0 saturated carbocycles. The first-order chi connectivity index (χ1) is 11.5. The molecule has 1 aromatic heterocycles. The van der Waals surface area contributed by atoms with Gasteiger partial charge in [-0.05, 0) is 30.7 Å². The van der Waals surface area contributed by atoms with Crippen molar-refractivity contribution in [2.45, 2.75) is 18.9 Å². The Bertz CT molecular complexity index is 691. The fourth-order valence-electron chi connectivity index (χ4n) is 2.17. The van der Waals surface area contributed by atoms with E-state index in [1.54, 1.807) is 25.3 Å². The molecule has 24 heavy (non-hydrogen) atoms. The van der Waals surface area contributed by atoms with Crippen LogP contribution in [0.5, 0.6) is 11.5 Å². The summed E-state index contributed by atoms with van der Waals surface area (Å²) in [6, 6.07) is 7.66. The lowest BCUT2D eigenvalue weighted by atomic mass is 10.0. The van der Waals surface area contributed by atoms with E-state index in [9.17, 15) is 14.3 Å². The molecule has 0 aliphatic carbocycles. The molecule has 1 amide bonds. The number of hydrogen-bond acceptors (Lipinski definition) is 5. The molecule has 1 heterocycles. The summed E-state index contributed by atoms with van der Waals surface area (Å²) < 4.78 is 23.1. The number of methoxy groups -OCH3 is 2. The summed E-state index contributed by atoms with van der Waals surface area (Å²) in [6.07, 6.45) is 0.440. The molecule has 1 atom stereocenters. The van der Waals surface area contributed by atoms with Gasteiger partial charge in [0.05, 0.1) is 26.5 Å². The molecule has 7 heteroatoms. The number of anilines is 1. The first kappa shape index (κ1) is 17.7. The van der Waals surface area contributed by atoms with E-state index in [1.807, 2.05) is 0 Å². The van der Waals surface area contributed by atoms with Crippen molar-refractivity contribution in [1.82, 2.24) is 4.98 Å². The van der Waals surface area contributed by atoms with Crippen LogP contribution in [-0.2, 0) is 4.79 Å². The average molecular weight is 334 g/mol. The molecule has 0 aliphatic heterocycles. The van der Waals surface area contributed by atoms with Crippen LogP contribution in [0.2, 0.25) is 0 Å². The summed E-state index contributed by atoms with van der Waals surface area (Å²) in [7, 11) is 3.04. The van der Waals surface area contributed by atoms with Crippen LogP contribution in [0.1, 0.15) is 24.5 Å². The SMILES string of the molecule is COc1ccc(C(O)CCC(=O)Nc2ccc(F)cn2)c(OC)c1. The lowest BCUT2D eigenvalue weighted by Crippen LogP contribution is -2.14. The number of nitrogens with one attached hydrogen (secondary N) is 1. The summed E-state index contributed by atoms with van der Waals surface area (Å²) in [4.78, 5) is 15.6. The topological polar surface area (TPSA) is 80.7 Å². The summed E-state index contributed by atoms with van der Waals surface area (Å²) in [6.45, 7) is 0. The summed E-state index contributed by atoms with van der Waals surface area (Å²) >= 11 is 0. The minimum atomic E-state index is -0.863. The molecular weight excluding hydrogens is 315 g/mol. The van der Waals surface area contributed by atoms with Crippen molar-refractivity contribution in [2.75, 3.05) is 19.5 Å². The highest BCUT2D eigenvalue weighted by atomic mass is 19.1. The van der Waals surface area contributed by atoms with Gasteiger partial charge in [-0.3, -0.25) is 4.79 Å². The second-order valence-electron chi connectivity index (χ2n) is 5.07. The number of benzene rings is 1. The van der Waals surface area contributed by atoms with Crippen LogP contribution < -0.4 is 14.8 Å². The zero-order chi connectivity index (χ0) is 17.5. The average Bonchev–Trinajstić information content (AvgIpc) is 2.61. The number of amides is 1. The van der Waals surface area contributed by atoms with Gasteiger partial charge in [0.2, 0.25) is 5.91 Å². The molecule has 1 aromatic carbocycles. The van der Waals surface area contributed by atoms with Gasteiger partial charge >= 0.3 is 0 Å². The van der Waals surface area contributed by atoms with Crippen molar-refractivity contribution in [3.63, 3.8) is 0 Å².